The van der Waals surface area contributed by atoms with Gasteiger partial charge in [0, 0.05) is 42.2 Å². The Bertz CT molecular complexity index is 973. The number of amides is 1. The van der Waals surface area contributed by atoms with Gasteiger partial charge in [-0.05, 0) is 18.2 Å². The van der Waals surface area contributed by atoms with Gasteiger partial charge < -0.3 is 9.72 Å². The number of nitrogens with zero attached hydrogens (tertiary/aromatic N) is 4. The number of carbonyl (C=O) groups excluding carboxylic acids is 1. The van der Waals surface area contributed by atoms with E-state index in [0.29, 0.717) is 11.3 Å². The average molecular weight is 304 g/mol. The molecule has 1 aromatic carbocycles. The fraction of sp³-hybridized carbons (Fsp3) is 0. The Hall–Kier alpha value is -3.48. The van der Waals surface area contributed by atoms with Crippen molar-refractivity contribution < 1.29 is 4.79 Å². The minimum atomic E-state index is -0.302. The van der Waals surface area contributed by atoms with Crippen molar-refractivity contribution in [1.29, 1.82) is 0 Å². The number of aromatic amines is 1. The third-order valence-electron chi connectivity index (χ3n) is 3.46. The lowest BCUT2D eigenvalue weighted by atomic mass is 10.1. The van der Waals surface area contributed by atoms with Crippen molar-refractivity contribution in [2.45, 2.75) is 0 Å². The van der Waals surface area contributed by atoms with Crippen molar-refractivity contribution >= 4 is 17.2 Å². The predicted molar refractivity (Wildman–Crippen MR) is 85.0 cm³/mol. The number of carbonyl (C=O) groups is 1. The van der Waals surface area contributed by atoms with Crippen LogP contribution in [0.25, 0.3) is 16.9 Å². The smallest absolute Gasteiger partial charge is 0.278 e. The lowest BCUT2D eigenvalue weighted by molar-refractivity contribution is 0.102. The Balaban J connectivity index is 1.64. The van der Waals surface area contributed by atoms with Crippen LogP contribution in [0.3, 0.4) is 0 Å². The monoisotopic (exact) mass is 304 g/mol. The molecule has 0 saturated heterocycles. The highest BCUT2D eigenvalue weighted by Gasteiger charge is 2.13. The standard InChI is InChI=1S/C16H12N6O/c23-16(14-15-18-7-9-22(15)8-6-17-14)20-12-3-1-2-11(10-12)13-4-5-19-21-13/h1-10H,(H,19,21)(H,20,23). The third kappa shape index (κ3) is 2.44. The lowest BCUT2D eigenvalue weighted by Gasteiger charge is -2.07. The van der Waals surface area contributed by atoms with Crippen LogP contribution in [0.5, 0.6) is 0 Å². The lowest BCUT2D eigenvalue weighted by Crippen LogP contribution is -2.15. The molecule has 2 N–H and O–H groups in total. The zero-order chi connectivity index (χ0) is 15.6. The number of benzene rings is 1. The molecule has 23 heavy (non-hydrogen) atoms. The maximum atomic E-state index is 12.5. The van der Waals surface area contributed by atoms with E-state index in [-0.39, 0.29) is 11.6 Å². The zero-order valence-corrected chi connectivity index (χ0v) is 12.0. The SMILES string of the molecule is O=C(Nc1cccc(-c2ccn[nH]2)c1)c1nccn2ccnc12. The van der Waals surface area contributed by atoms with Crippen molar-refractivity contribution in [3.05, 3.63) is 67.0 Å². The summed E-state index contributed by atoms with van der Waals surface area (Å²) < 4.78 is 1.75. The first-order valence-corrected chi connectivity index (χ1v) is 7.00. The molecule has 0 aliphatic heterocycles. The van der Waals surface area contributed by atoms with Crippen LogP contribution in [0.4, 0.5) is 5.69 Å². The number of fused-ring (bicyclic) bond motifs is 1. The summed E-state index contributed by atoms with van der Waals surface area (Å²) in [7, 11) is 0. The van der Waals surface area contributed by atoms with E-state index in [9.17, 15) is 4.79 Å². The Morgan fingerprint density at radius 2 is 1.96 bits per heavy atom. The number of hydrogen-bond acceptors (Lipinski definition) is 4. The predicted octanol–water partition coefficient (Wildman–Crippen LogP) is 2.37. The van der Waals surface area contributed by atoms with Gasteiger partial charge in [-0.3, -0.25) is 9.89 Å². The summed E-state index contributed by atoms with van der Waals surface area (Å²) in [5, 5.41) is 9.68. The van der Waals surface area contributed by atoms with Crippen LogP contribution in [0.2, 0.25) is 0 Å². The van der Waals surface area contributed by atoms with E-state index >= 15 is 0 Å². The topological polar surface area (TPSA) is 88.0 Å². The summed E-state index contributed by atoms with van der Waals surface area (Å²) in [6.07, 6.45) is 8.41. The highest BCUT2D eigenvalue weighted by atomic mass is 16.1. The van der Waals surface area contributed by atoms with Crippen molar-refractivity contribution in [2.24, 2.45) is 0 Å². The van der Waals surface area contributed by atoms with Crippen molar-refractivity contribution in [1.82, 2.24) is 24.6 Å². The molecule has 0 atom stereocenters. The first-order chi connectivity index (χ1) is 11.3. The van der Waals surface area contributed by atoms with Gasteiger partial charge in [-0.1, -0.05) is 12.1 Å². The number of H-pyrrole nitrogens is 1. The summed E-state index contributed by atoms with van der Waals surface area (Å²) >= 11 is 0. The second-order valence-corrected chi connectivity index (χ2v) is 4.94. The minimum Gasteiger partial charge on any atom is -0.321 e. The molecule has 0 aliphatic carbocycles. The highest BCUT2D eigenvalue weighted by molar-refractivity contribution is 6.06. The maximum Gasteiger partial charge on any atom is 0.278 e. The van der Waals surface area contributed by atoms with Crippen LogP contribution >= 0.6 is 0 Å². The van der Waals surface area contributed by atoms with Crippen LogP contribution in [0.15, 0.2) is 61.3 Å². The number of nitrogens with one attached hydrogen (secondary N) is 2. The molecule has 0 spiro atoms. The molecular formula is C16H12N6O. The molecular weight excluding hydrogens is 292 g/mol. The minimum absolute atomic E-state index is 0.282. The van der Waals surface area contributed by atoms with Crippen LogP contribution in [0, 0.1) is 0 Å². The fourth-order valence-electron chi connectivity index (χ4n) is 2.39. The molecule has 1 amide bonds. The van der Waals surface area contributed by atoms with Crippen molar-refractivity contribution in [3.63, 3.8) is 0 Å². The van der Waals surface area contributed by atoms with Gasteiger partial charge in [-0.2, -0.15) is 5.10 Å². The molecule has 0 saturated carbocycles. The van der Waals surface area contributed by atoms with E-state index in [0.717, 1.165) is 11.3 Å². The molecule has 0 aliphatic rings. The Morgan fingerprint density at radius 1 is 1.09 bits per heavy atom. The molecule has 0 bridgehead atoms. The molecule has 0 unspecified atom stereocenters. The van der Waals surface area contributed by atoms with E-state index < -0.39 is 0 Å². The Morgan fingerprint density at radius 3 is 2.78 bits per heavy atom. The molecule has 4 rings (SSSR count). The molecule has 7 nitrogen and oxygen atoms in total. The van der Waals surface area contributed by atoms with Gasteiger partial charge in [-0.15, -0.1) is 0 Å². The van der Waals surface area contributed by atoms with E-state index in [1.807, 2.05) is 30.3 Å². The normalized spacial score (nSPS) is 10.8. The second-order valence-electron chi connectivity index (χ2n) is 4.94. The molecule has 0 fully saturated rings. The third-order valence-corrected chi connectivity index (χ3v) is 3.46. The Kier molecular flexibility index (Phi) is 3.09. The molecule has 3 aromatic heterocycles. The van der Waals surface area contributed by atoms with Gasteiger partial charge in [0.25, 0.3) is 5.91 Å². The van der Waals surface area contributed by atoms with Gasteiger partial charge in [0.1, 0.15) is 0 Å². The first kappa shape index (κ1) is 13.2. The maximum absolute atomic E-state index is 12.5. The van der Waals surface area contributed by atoms with E-state index in [4.69, 9.17) is 0 Å². The first-order valence-electron chi connectivity index (χ1n) is 7.00. The number of anilines is 1. The number of aromatic nitrogens is 5. The summed E-state index contributed by atoms with van der Waals surface area (Å²) in [6.45, 7) is 0. The zero-order valence-electron chi connectivity index (χ0n) is 12.0. The van der Waals surface area contributed by atoms with Gasteiger partial charge in [-0.25, -0.2) is 9.97 Å². The number of rotatable bonds is 3. The van der Waals surface area contributed by atoms with Gasteiger partial charge >= 0.3 is 0 Å². The van der Waals surface area contributed by atoms with E-state index in [1.54, 1.807) is 35.4 Å². The van der Waals surface area contributed by atoms with Gasteiger partial charge in [0.05, 0.1) is 5.69 Å². The largest absolute Gasteiger partial charge is 0.321 e. The number of imidazole rings is 1. The molecule has 4 aromatic rings. The summed E-state index contributed by atoms with van der Waals surface area (Å²) in [5.74, 6) is -0.302. The molecule has 3 heterocycles. The van der Waals surface area contributed by atoms with Gasteiger partial charge in [0.15, 0.2) is 11.3 Å². The van der Waals surface area contributed by atoms with Crippen LogP contribution in [-0.2, 0) is 0 Å². The van der Waals surface area contributed by atoms with Crippen molar-refractivity contribution in [2.75, 3.05) is 5.32 Å². The highest BCUT2D eigenvalue weighted by Crippen LogP contribution is 2.20. The van der Waals surface area contributed by atoms with Crippen LogP contribution in [0.1, 0.15) is 10.5 Å². The van der Waals surface area contributed by atoms with Crippen molar-refractivity contribution in [3.8, 4) is 11.3 Å². The summed E-state index contributed by atoms with van der Waals surface area (Å²) in [5.41, 5.74) is 3.30. The summed E-state index contributed by atoms with van der Waals surface area (Å²) in [4.78, 5) is 20.8. The summed E-state index contributed by atoms with van der Waals surface area (Å²) in [6, 6.07) is 9.38. The quantitative estimate of drug-likeness (QED) is 0.608. The molecule has 112 valence electrons. The number of hydrogen-bond donors (Lipinski definition) is 2. The molecule has 7 heteroatoms. The Labute approximate surface area is 131 Å². The molecule has 0 radical (unpaired) electrons. The van der Waals surface area contributed by atoms with Crippen LogP contribution < -0.4 is 5.32 Å². The van der Waals surface area contributed by atoms with Gasteiger partial charge in [0.2, 0.25) is 0 Å². The van der Waals surface area contributed by atoms with E-state index in [2.05, 4.69) is 25.5 Å². The van der Waals surface area contributed by atoms with E-state index in [1.165, 1.54) is 0 Å². The van der Waals surface area contributed by atoms with Crippen LogP contribution in [-0.4, -0.2) is 30.5 Å². The second kappa shape index (κ2) is 5.38. The average Bonchev–Trinajstić information content (AvgIpc) is 3.26. The fourth-order valence-corrected chi connectivity index (χ4v) is 2.39.